The lowest BCUT2D eigenvalue weighted by atomic mass is 10.1. The summed E-state index contributed by atoms with van der Waals surface area (Å²) in [6.45, 7) is 2.19. The smallest absolute Gasteiger partial charge is 0.291 e. The summed E-state index contributed by atoms with van der Waals surface area (Å²) in [5.74, 6) is -1.76. The second-order valence-corrected chi connectivity index (χ2v) is 8.08. The fraction of sp³-hybridized carbons (Fsp3) is 0.286. The van der Waals surface area contributed by atoms with E-state index in [1.165, 1.54) is 27.9 Å². The van der Waals surface area contributed by atoms with Gasteiger partial charge in [0.2, 0.25) is 0 Å². The van der Waals surface area contributed by atoms with E-state index in [0.717, 1.165) is 17.7 Å². The molecule has 2 N–H and O–H groups in total. The van der Waals surface area contributed by atoms with Gasteiger partial charge in [-0.25, -0.2) is 9.37 Å². The first-order valence-corrected chi connectivity index (χ1v) is 10.1. The molecule has 0 fully saturated rings. The SMILES string of the molecule is Cc1ccccc1NC(=O)c1cc(F)c(-c2nc(C(C)O)n(C)n2)cc1OCC(F)(F)P. The minimum atomic E-state index is -3.26. The maximum Gasteiger partial charge on any atom is 0.291 e. The van der Waals surface area contributed by atoms with Crippen LogP contribution in [0.15, 0.2) is 36.4 Å². The molecule has 32 heavy (non-hydrogen) atoms. The molecular weight excluding hydrogens is 444 g/mol. The fourth-order valence-electron chi connectivity index (χ4n) is 2.97. The first-order valence-electron chi connectivity index (χ1n) is 9.55. The number of rotatable bonds is 7. The lowest BCUT2D eigenvalue weighted by Gasteiger charge is -2.16. The number of aromatic nitrogens is 3. The van der Waals surface area contributed by atoms with E-state index in [0.29, 0.717) is 5.69 Å². The van der Waals surface area contributed by atoms with Gasteiger partial charge in [-0.05, 0) is 37.6 Å². The number of aliphatic hydroxyl groups excluding tert-OH is 1. The van der Waals surface area contributed by atoms with E-state index in [4.69, 9.17) is 4.74 Å². The Labute approximate surface area is 184 Å². The number of benzene rings is 2. The van der Waals surface area contributed by atoms with Crippen molar-refractivity contribution in [3.8, 4) is 17.1 Å². The van der Waals surface area contributed by atoms with Gasteiger partial charge in [-0.1, -0.05) is 27.4 Å². The van der Waals surface area contributed by atoms with Gasteiger partial charge in [-0.2, -0.15) is 13.9 Å². The molecule has 2 aromatic carbocycles. The Bertz CT molecular complexity index is 1150. The molecule has 2 atom stereocenters. The van der Waals surface area contributed by atoms with Crippen molar-refractivity contribution in [2.45, 2.75) is 25.6 Å². The lowest BCUT2D eigenvalue weighted by molar-refractivity contribution is 0.0456. The van der Waals surface area contributed by atoms with Gasteiger partial charge in [0.05, 0.1) is 11.1 Å². The molecule has 0 saturated carbocycles. The van der Waals surface area contributed by atoms with Crippen molar-refractivity contribution < 1.29 is 27.8 Å². The van der Waals surface area contributed by atoms with Crippen LogP contribution < -0.4 is 10.1 Å². The Morgan fingerprint density at radius 3 is 2.62 bits per heavy atom. The van der Waals surface area contributed by atoms with E-state index in [1.54, 1.807) is 31.2 Å². The molecule has 1 heterocycles. The molecule has 1 amide bonds. The van der Waals surface area contributed by atoms with Crippen molar-refractivity contribution in [1.29, 1.82) is 0 Å². The first kappa shape index (κ1) is 23.7. The molecule has 0 spiro atoms. The number of nitrogens with one attached hydrogen (secondary N) is 1. The molecule has 170 valence electrons. The fourth-order valence-corrected chi connectivity index (χ4v) is 3.06. The number of hydrogen-bond acceptors (Lipinski definition) is 5. The number of aryl methyl sites for hydroxylation is 2. The van der Waals surface area contributed by atoms with Crippen molar-refractivity contribution in [2.24, 2.45) is 7.05 Å². The molecule has 0 aliphatic carbocycles. The van der Waals surface area contributed by atoms with Gasteiger partial charge >= 0.3 is 0 Å². The molecule has 3 aromatic rings. The number of carbonyl (C=O) groups excluding carboxylic acids is 1. The van der Waals surface area contributed by atoms with Crippen LogP contribution in [0.4, 0.5) is 18.9 Å². The molecule has 2 unspecified atom stereocenters. The Balaban J connectivity index is 2.04. The van der Waals surface area contributed by atoms with Gasteiger partial charge in [0.25, 0.3) is 11.6 Å². The monoisotopic (exact) mass is 466 g/mol. The minimum absolute atomic E-state index is 0.0887. The Hall–Kier alpha value is -2.97. The quantitative estimate of drug-likeness (QED) is 0.513. The van der Waals surface area contributed by atoms with Crippen molar-refractivity contribution in [1.82, 2.24) is 14.8 Å². The predicted octanol–water partition coefficient (Wildman–Crippen LogP) is 4.08. The van der Waals surface area contributed by atoms with E-state index in [2.05, 4.69) is 15.4 Å². The summed E-state index contributed by atoms with van der Waals surface area (Å²) in [5, 5.41) is 16.5. The average molecular weight is 466 g/mol. The zero-order chi connectivity index (χ0) is 23.6. The maximum atomic E-state index is 15.0. The van der Waals surface area contributed by atoms with Gasteiger partial charge in [0.1, 0.15) is 17.7 Å². The topological polar surface area (TPSA) is 89.3 Å². The van der Waals surface area contributed by atoms with Crippen LogP contribution in [-0.2, 0) is 7.05 Å². The largest absolute Gasteiger partial charge is 0.486 e. The number of hydrogen-bond donors (Lipinski definition) is 2. The van der Waals surface area contributed by atoms with E-state index in [9.17, 15) is 23.1 Å². The number of alkyl halides is 2. The summed E-state index contributed by atoms with van der Waals surface area (Å²) in [7, 11) is 2.86. The van der Waals surface area contributed by atoms with Crippen LogP contribution in [0.3, 0.4) is 0 Å². The van der Waals surface area contributed by atoms with Crippen molar-refractivity contribution >= 4 is 20.8 Å². The number of anilines is 1. The number of halogens is 3. The molecule has 1 aromatic heterocycles. The van der Waals surface area contributed by atoms with E-state index >= 15 is 0 Å². The number of amides is 1. The maximum absolute atomic E-state index is 15.0. The molecule has 0 saturated heterocycles. The summed E-state index contributed by atoms with van der Waals surface area (Å²) in [4.78, 5) is 16.9. The van der Waals surface area contributed by atoms with E-state index < -0.39 is 30.1 Å². The number of para-hydroxylation sites is 1. The highest BCUT2D eigenvalue weighted by atomic mass is 31.0. The summed E-state index contributed by atoms with van der Waals surface area (Å²) in [6, 6.07) is 8.92. The Morgan fingerprint density at radius 2 is 2.03 bits per heavy atom. The minimum Gasteiger partial charge on any atom is -0.486 e. The van der Waals surface area contributed by atoms with Crippen LogP contribution in [0, 0.1) is 12.7 Å². The number of nitrogens with zero attached hydrogens (tertiary/aromatic N) is 3. The second kappa shape index (κ2) is 9.26. The molecule has 0 bridgehead atoms. The highest BCUT2D eigenvalue weighted by Crippen LogP contribution is 2.32. The van der Waals surface area contributed by atoms with Crippen LogP contribution in [0.5, 0.6) is 5.75 Å². The number of aliphatic hydroxyl groups is 1. The highest BCUT2D eigenvalue weighted by Gasteiger charge is 2.26. The third-order valence-corrected chi connectivity index (χ3v) is 4.71. The highest BCUT2D eigenvalue weighted by molar-refractivity contribution is 7.18. The molecule has 3 rings (SSSR count). The summed E-state index contributed by atoms with van der Waals surface area (Å²) in [5.41, 5.74) is -2.45. The van der Waals surface area contributed by atoms with Crippen molar-refractivity contribution in [3.05, 3.63) is 59.2 Å². The van der Waals surface area contributed by atoms with Crippen LogP contribution in [0.1, 0.15) is 34.8 Å². The van der Waals surface area contributed by atoms with Gasteiger partial charge in [0.15, 0.2) is 18.3 Å². The molecule has 7 nitrogen and oxygen atoms in total. The van der Waals surface area contributed by atoms with Crippen LogP contribution >= 0.6 is 9.24 Å². The van der Waals surface area contributed by atoms with E-state index in [-0.39, 0.29) is 28.5 Å². The number of ether oxygens (including phenoxy) is 1. The second-order valence-electron chi connectivity index (χ2n) is 7.24. The third kappa shape index (κ3) is 5.44. The Kier molecular flexibility index (Phi) is 6.85. The number of carbonyl (C=O) groups is 1. The van der Waals surface area contributed by atoms with Gasteiger partial charge in [-0.15, -0.1) is 0 Å². The lowest BCUT2D eigenvalue weighted by Crippen LogP contribution is -2.20. The molecule has 0 radical (unpaired) electrons. The molecule has 11 heteroatoms. The van der Waals surface area contributed by atoms with E-state index in [1.807, 2.05) is 0 Å². The summed E-state index contributed by atoms with van der Waals surface area (Å²) >= 11 is 0. The van der Waals surface area contributed by atoms with Crippen molar-refractivity contribution in [3.63, 3.8) is 0 Å². The zero-order valence-corrected chi connectivity index (χ0v) is 18.7. The Morgan fingerprint density at radius 1 is 1.34 bits per heavy atom. The molecule has 0 aliphatic rings. The van der Waals surface area contributed by atoms with Gasteiger partial charge < -0.3 is 15.2 Å². The van der Waals surface area contributed by atoms with Crippen LogP contribution in [0.2, 0.25) is 0 Å². The molecule has 0 aliphatic heterocycles. The van der Waals surface area contributed by atoms with Crippen LogP contribution in [0.25, 0.3) is 11.4 Å². The summed E-state index contributed by atoms with van der Waals surface area (Å²) in [6.07, 6.45) is -0.963. The normalized spacial score (nSPS) is 12.5. The zero-order valence-electron chi connectivity index (χ0n) is 17.6. The average Bonchev–Trinajstić information content (AvgIpc) is 3.09. The standard InChI is InChI=1S/C21H22F3N4O3P/c1-11-6-4-5-7-16(11)25-20(30)14-8-15(22)13(9-17(14)31-10-21(23,24)32)18-26-19(12(2)29)28(3)27-18/h4-9,12,29H,10,32H2,1-3H3,(H,25,30). The third-order valence-electron chi connectivity index (χ3n) is 4.54. The first-order chi connectivity index (χ1) is 15.0. The predicted molar refractivity (Wildman–Crippen MR) is 116 cm³/mol. The van der Waals surface area contributed by atoms with Crippen LogP contribution in [-0.4, -0.2) is 38.0 Å². The van der Waals surface area contributed by atoms with Crippen molar-refractivity contribution in [2.75, 3.05) is 11.9 Å². The molecular formula is C21H22F3N4O3P. The van der Waals surface area contributed by atoms with Gasteiger partial charge in [0, 0.05) is 12.7 Å². The van der Waals surface area contributed by atoms with Gasteiger partial charge in [-0.3, -0.25) is 9.48 Å². The summed E-state index contributed by atoms with van der Waals surface area (Å²) < 4.78 is 48.2.